The van der Waals surface area contributed by atoms with Gasteiger partial charge in [0.1, 0.15) is 28.2 Å². The van der Waals surface area contributed by atoms with Crippen molar-refractivity contribution in [2.24, 2.45) is 28.2 Å². The van der Waals surface area contributed by atoms with Gasteiger partial charge in [0.2, 0.25) is 45.6 Å². The highest BCUT2D eigenvalue weighted by atomic mass is 16.4. The molecule has 568 valence electrons. The molecule has 0 N–H and O–H groups in total. The number of furan rings is 4. The fraction of sp³-hybridized carbons (Fsp3) is 0.154. The van der Waals surface area contributed by atoms with E-state index in [-0.39, 0.29) is 0 Å². The molecule has 0 aliphatic heterocycles. The second-order valence-corrected chi connectivity index (χ2v) is 31.1. The van der Waals surface area contributed by atoms with Crippen LogP contribution >= 0.6 is 0 Å². The molecule has 0 spiro atoms. The van der Waals surface area contributed by atoms with Crippen LogP contribution in [0.2, 0.25) is 0 Å². The molecule has 0 radical (unpaired) electrons. The third kappa shape index (κ3) is 13.9. The van der Waals surface area contributed by atoms with Crippen molar-refractivity contribution in [3.05, 3.63) is 335 Å². The van der Waals surface area contributed by atoms with Crippen LogP contribution in [0.1, 0.15) is 67.3 Å². The largest absolute Gasteiger partial charge is 0.437 e. The topological polar surface area (TPSA) is 120 Å². The van der Waals surface area contributed by atoms with E-state index >= 15 is 0 Å². The van der Waals surface area contributed by atoms with Crippen LogP contribution in [0.4, 0.5) is 0 Å². The van der Waals surface area contributed by atoms with Gasteiger partial charge in [-0.25, -0.2) is 38.2 Å². The number of hydrogen-bond donors (Lipinski definition) is 0. The summed E-state index contributed by atoms with van der Waals surface area (Å²) in [4.78, 5) is 18.4. The van der Waals surface area contributed by atoms with Gasteiger partial charge < -0.3 is 17.7 Å². The quantitative estimate of drug-likeness (QED) is 0.138. The van der Waals surface area contributed by atoms with Crippen LogP contribution in [-0.4, -0.2) is 19.9 Å². The third-order valence-corrected chi connectivity index (χ3v) is 22.6. The average molecular weight is 1520 g/mol. The molecule has 0 aliphatic rings. The molecule has 12 heterocycles. The molecule has 0 aliphatic carbocycles. The zero-order valence-corrected chi connectivity index (χ0v) is 68.6. The van der Waals surface area contributed by atoms with E-state index in [0.717, 1.165) is 133 Å². The second-order valence-electron chi connectivity index (χ2n) is 31.1. The van der Waals surface area contributed by atoms with Gasteiger partial charge in [-0.05, 0) is 211 Å². The summed E-state index contributed by atoms with van der Waals surface area (Å²) in [5.74, 6) is 0. The molecule has 20 rings (SSSR count). The van der Waals surface area contributed by atoms with Crippen molar-refractivity contribution in [3.8, 4) is 89.5 Å². The Balaban J connectivity index is 0.000000111. The summed E-state index contributed by atoms with van der Waals surface area (Å²) in [5, 5.41) is 8.80. The number of pyridine rings is 8. The Morgan fingerprint density at radius 1 is 0.216 bits per heavy atom. The van der Waals surface area contributed by atoms with Gasteiger partial charge in [-0.1, -0.05) is 158 Å². The first kappa shape index (κ1) is 74.9. The van der Waals surface area contributed by atoms with Crippen molar-refractivity contribution in [2.45, 2.75) is 83.1 Å². The van der Waals surface area contributed by atoms with Crippen LogP contribution in [0.25, 0.3) is 178 Å². The lowest BCUT2D eigenvalue weighted by molar-refractivity contribution is -0.660. The van der Waals surface area contributed by atoms with Crippen molar-refractivity contribution >= 4 is 88.3 Å². The molecular weight excluding hydrogens is 1430 g/mol. The Morgan fingerprint density at radius 2 is 0.509 bits per heavy atom. The van der Waals surface area contributed by atoms with Crippen LogP contribution in [0.3, 0.4) is 0 Å². The summed E-state index contributed by atoms with van der Waals surface area (Å²) in [6, 6.07) is 84.9. The van der Waals surface area contributed by atoms with Crippen LogP contribution in [-0.2, 0) is 28.2 Å². The Labute approximate surface area is 675 Å². The summed E-state index contributed by atoms with van der Waals surface area (Å²) in [5.41, 5.74) is 38.8. The summed E-state index contributed by atoms with van der Waals surface area (Å²) >= 11 is 0. The predicted octanol–water partition coefficient (Wildman–Crippen LogP) is 24.3. The molecule has 12 nitrogen and oxygen atoms in total. The molecule has 0 atom stereocenters. The van der Waals surface area contributed by atoms with Gasteiger partial charge in [0.15, 0.2) is 47.1 Å². The standard InChI is InChI=1S/C27H25N2O.2C26H23N2O.C25H21N2O/c1-16-14-23(29(5)15-22(16)20-9-7-6-8-10-20)25-18(3)13-17(2)24-21-12-11-19(4)28-27(21)30-26(24)25;1-16-14-17(2)24(25-23(16)21-12-10-18(3)27-26(21)29-25)22-13-11-20(15-28(22)4)19-8-6-5-7-9-19;1-16-10-12-20-21-13-11-18(3)27-26(21)29-25(20)24(16)23-14-17(2)22(15-28(23)4)19-8-6-5-7-9-19;1-16-9-12-20-21-13-10-17(2)26-25(21)28-24(20)23(16)22-14-11-19(15-27(22)3)18-7-5-4-6-8-18/h6-15H,1-5H3;2*5-15H,1-4H3;4-15H,1-3H3/q4*+1. The molecule has 0 fully saturated rings. The fourth-order valence-corrected chi connectivity index (χ4v) is 16.8. The zero-order valence-electron chi connectivity index (χ0n) is 68.6. The highest BCUT2D eigenvalue weighted by molar-refractivity contribution is 6.13. The Bertz CT molecular complexity index is 7260. The highest BCUT2D eigenvalue weighted by Gasteiger charge is 2.29. The van der Waals surface area contributed by atoms with E-state index in [9.17, 15) is 0 Å². The highest BCUT2D eigenvalue weighted by Crippen LogP contribution is 2.44. The van der Waals surface area contributed by atoms with Crippen LogP contribution < -0.4 is 18.3 Å². The zero-order chi connectivity index (χ0) is 80.5. The molecule has 0 saturated heterocycles. The fourth-order valence-electron chi connectivity index (χ4n) is 16.8. The normalized spacial score (nSPS) is 11.4. The summed E-state index contributed by atoms with van der Waals surface area (Å²) in [6.45, 7) is 25.2. The van der Waals surface area contributed by atoms with Crippen molar-refractivity contribution in [1.82, 2.24) is 19.9 Å². The van der Waals surface area contributed by atoms with Crippen molar-refractivity contribution in [1.29, 1.82) is 0 Å². The van der Waals surface area contributed by atoms with Gasteiger partial charge in [0.25, 0.3) is 0 Å². The first-order chi connectivity index (χ1) is 56.1. The predicted molar refractivity (Wildman–Crippen MR) is 471 cm³/mol. The maximum atomic E-state index is 6.37. The number of fused-ring (bicyclic) bond motifs is 12. The minimum atomic E-state index is 0.699. The molecule has 0 unspecified atom stereocenters. The monoisotopic (exact) mass is 1520 g/mol. The Kier molecular flexibility index (Phi) is 19.7. The maximum absolute atomic E-state index is 6.37. The average Bonchev–Trinajstić information content (AvgIpc) is 1.59. The Hall–Kier alpha value is -13.8. The smallest absolute Gasteiger partial charge is 0.227 e. The number of hydrogen-bond acceptors (Lipinski definition) is 8. The minimum absolute atomic E-state index is 0.699. The van der Waals surface area contributed by atoms with Gasteiger partial charge >= 0.3 is 0 Å². The second kappa shape index (κ2) is 30.6. The Morgan fingerprint density at radius 3 is 0.871 bits per heavy atom. The number of benzene rings is 8. The lowest BCUT2D eigenvalue weighted by Crippen LogP contribution is -2.31. The molecule has 12 aromatic heterocycles. The van der Waals surface area contributed by atoms with E-state index in [4.69, 9.17) is 17.7 Å². The van der Waals surface area contributed by atoms with Gasteiger partial charge in [-0.15, -0.1) is 0 Å². The van der Waals surface area contributed by atoms with Crippen LogP contribution in [0.15, 0.2) is 285 Å². The van der Waals surface area contributed by atoms with Crippen molar-refractivity contribution in [3.63, 3.8) is 0 Å². The first-order valence-electron chi connectivity index (χ1n) is 39.5. The van der Waals surface area contributed by atoms with Gasteiger partial charge in [-0.3, -0.25) is 0 Å². The molecule has 0 bridgehead atoms. The number of aromatic nitrogens is 8. The number of rotatable bonds is 8. The van der Waals surface area contributed by atoms with Gasteiger partial charge in [-0.2, -0.15) is 0 Å². The number of aryl methyl sites for hydroxylation is 16. The molecular formula is C104H92N8O4+4. The van der Waals surface area contributed by atoms with Gasteiger partial charge in [0, 0.05) is 112 Å². The van der Waals surface area contributed by atoms with Crippen molar-refractivity contribution < 1.29 is 35.9 Å². The summed E-state index contributed by atoms with van der Waals surface area (Å²) in [6.07, 6.45) is 8.79. The van der Waals surface area contributed by atoms with Crippen molar-refractivity contribution in [2.75, 3.05) is 0 Å². The third-order valence-electron chi connectivity index (χ3n) is 22.6. The van der Waals surface area contributed by atoms with Gasteiger partial charge in [0.05, 0.1) is 22.3 Å². The molecule has 0 saturated carbocycles. The first-order valence-corrected chi connectivity index (χ1v) is 39.5. The minimum Gasteiger partial charge on any atom is -0.437 e. The maximum Gasteiger partial charge on any atom is 0.227 e. The van der Waals surface area contributed by atoms with E-state index < -0.39 is 0 Å². The molecule has 12 heteroatoms. The molecule has 0 amide bonds. The lowest BCUT2D eigenvalue weighted by Gasteiger charge is -2.11. The molecule has 8 aromatic carbocycles. The van der Waals surface area contributed by atoms with E-state index in [1.54, 1.807) is 0 Å². The van der Waals surface area contributed by atoms with Crippen LogP contribution in [0, 0.1) is 83.1 Å². The van der Waals surface area contributed by atoms with E-state index in [1.165, 1.54) is 89.0 Å². The van der Waals surface area contributed by atoms with E-state index in [2.05, 4.69) is 359 Å². The SMILES string of the molecule is Cc1ccc2c(n1)oc1c(-c3cc(C)c(-c4ccccc4)c[n+]3C)c(C)cc(C)c12.Cc1ccc2c(n1)oc1c(-c3cc(C)c(-c4ccccc4)c[n+]3C)c(C)ccc12.Cc1ccc2c(n1)oc1c(-c3ccc(-c4ccccc4)c[n+]3C)c(C)cc(C)c12.Cc1ccc2c(n1)oc1c(-c3ccc(-c4ccccc4)c[n+]3C)c(C)ccc12. The molecule has 116 heavy (non-hydrogen) atoms. The number of nitrogens with zero attached hydrogens (tertiary/aromatic N) is 8. The van der Waals surface area contributed by atoms with E-state index in [0.29, 0.717) is 22.9 Å². The summed E-state index contributed by atoms with van der Waals surface area (Å²) < 4.78 is 34.0. The van der Waals surface area contributed by atoms with E-state index in [1.807, 2.05) is 58.0 Å². The molecule has 20 aromatic rings. The lowest BCUT2D eigenvalue weighted by atomic mass is 9.95. The summed E-state index contributed by atoms with van der Waals surface area (Å²) in [7, 11) is 8.39. The van der Waals surface area contributed by atoms with Crippen LogP contribution in [0.5, 0.6) is 0 Å².